The van der Waals surface area contributed by atoms with Gasteiger partial charge in [0.25, 0.3) is 0 Å². The molecule has 0 saturated heterocycles. The molecule has 8 atom stereocenters. The maximum absolute atomic E-state index is 12.4. The molecule has 0 amide bonds. The van der Waals surface area contributed by atoms with Crippen LogP contribution in [-0.2, 0) is 4.79 Å². The Balaban J connectivity index is 1.65. The van der Waals surface area contributed by atoms with Crippen molar-refractivity contribution in [3.05, 3.63) is 0 Å². The Bertz CT molecular complexity index is 486. The van der Waals surface area contributed by atoms with E-state index in [-0.39, 0.29) is 11.5 Å². The summed E-state index contributed by atoms with van der Waals surface area (Å²) in [5.41, 5.74) is 0.415. The summed E-state index contributed by atoms with van der Waals surface area (Å²) in [5, 5.41) is 10.3. The number of hydrogen-bond donors (Lipinski definition) is 1. The van der Waals surface area contributed by atoms with Crippen LogP contribution in [0.1, 0.15) is 72.1 Å². The van der Waals surface area contributed by atoms with Crippen molar-refractivity contribution in [2.75, 3.05) is 0 Å². The van der Waals surface area contributed by atoms with Crippen LogP contribution in [0.5, 0.6) is 0 Å². The molecule has 4 saturated carbocycles. The zero-order valence-electron chi connectivity index (χ0n) is 14.5. The van der Waals surface area contributed by atoms with Gasteiger partial charge in [-0.25, -0.2) is 0 Å². The van der Waals surface area contributed by atoms with Crippen LogP contribution >= 0.6 is 0 Å². The second-order valence-electron chi connectivity index (χ2n) is 9.45. The van der Waals surface area contributed by atoms with E-state index in [0.717, 1.165) is 37.5 Å². The fourth-order valence-electron chi connectivity index (χ4n) is 7.48. The summed E-state index contributed by atoms with van der Waals surface area (Å²) in [7, 11) is 0. The molecule has 22 heavy (non-hydrogen) atoms. The molecule has 0 aliphatic heterocycles. The number of aliphatic hydroxyl groups is 1. The van der Waals surface area contributed by atoms with E-state index in [1.165, 1.54) is 25.7 Å². The summed E-state index contributed by atoms with van der Waals surface area (Å²) in [6.07, 6.45) is 9.02. The van der Waals surface area contributed by atoms with Gasteiger partial charge in [-0.3, -0.25) is 4.79 Å². The molecule has 4 fully saturated rings. The lowest BCUT2D eigenvalue weighted by atomic mass is 9.44. The molecule has 2 nitrogen and oxygen atoms in total. The first-order valence-corrected chi connectivity index (χ1v) is 9.59. The Labute approximate surface area is 135 Å². The van der Waals surface area contributed by atoms with Gasteiger partial charge < -0.3 is 5.11 Å². The Hall–Kier alpha value is -0.370. The van der Waals surface area contributed by atoms with Crippen molar-refractivity contribution < 1.29 is 9.90 Å². The minimum atomic E-state index is -0.0865. The van der Waals surface area contributed by atoms with Crippen molar-refractivity contribution >= 4 is 5.78 Å². The Kier molecular flexibility index (Phi) is 3.32. The number of hydrogen-bond acceptors (Lipinski definition) is 2. The minimum Gasteiger partial charge on any atom is -0.393 e. The fourth-order valence-corrected chi connectivity index (χ4v) is 7.48. The largest absolute Gasteiger partial charge is 0.393 e. The van der Waals surface area contributed by atoms with E-state index in [1.807, 2.05) is 0 Å². The molecule has 0 aromatic carbocycles. The second-order valence-corrected chi connectivity index (χ2v) is 9.45. The first kappa shape index (κ1) is 15.2. The highest BCUT2D eigenvalue weighted by molar-refractivity contribution is 5.87. The average molecular weight is 304 g/mol. The van der Waals surface area contributed by atoms with E-state index < -0.39 is 0 Å². The van der Waals surface area contributed by atoms with Crippen LogP contribution in [0.3, 0.4) is 0 Å². The molecule has 4 rings (SSSR count). The number of carbonyl (C=O) groups is 1. The molecule has 124 valence electrons. The van der Waals surface area contributed by atoms with Crippen LogP contribution in [0.15, 0.2) is 0 Å². The number of fused-ring (bicyclic) bond motifs is 5. The van der Waals surface area contributed by atoms with Crippen molar-refractivity contribution in [2.45, 2.75) is 78.2 Å². The first-order valence-electron chi connectivity index (χ1n) is 9.59. The highest BCUT2D eigenvalue weighted by Gasteiger charge is 2.61. The molecule has 8 unspecified atom stereocenters. The van der Waals surface area contributed by atoms with Crippen LogP contribution in [0.4, 0.5) is 0 Å². The molecule has 4 aliphatic carbocycles. The van der Waals surface area contributed by atoms with Crippen molar-refractivity contribution in [3.8, 4) is 0 Å². The topological polar surface area (TPSA) is 37.3 Å². The molecule has 0 aromatic heterocycles. The second kappa shape index (κ2) is 4.82. The molecular weight excluding hydrogens is 272 g/mol. The summed E-state index contributed by atoms with van der Waals surface area (Å²) >= 11 is 0. The monoisotopic (exact) mass is 304 g/mol. The van der Waals surface area contributed by atoms with E-state index >= 15 is 0 Å². The van der Waals surface area contributed by atoms with Crippen molar-refractivity contribution in [2.24, 2.45) is 40.4 Å². The van der Waals surface area contributed by atoms with Gasteiger partial charge in [-0.15, -0.1) is 0 Å². The van der Waals surface area contributed by atoms with Gasteiger partial charge in [-0.1, -0.05) is 20.8 Å². The summed E-state index contributed by atoms with van der Waals surface area (Å²) in [5.74, 6) is 3.92. The highest BCUT2D eigenvalue weighted by Crippen LogP contribution is 2.66. The Morgan fingerprint density at radius 1 is 0.955 bits per heavy atom. The van der Waals surface area contributed by atoms with E-state index in [9.17, 15) is 9.90 Å². The summed E-state index contributed by atoms with van der Waals surface area (Å²) in [6, 6.07) is 0. The molecular formula is C20H32O2. The van der Waals surface area contributed by atoms with Gasteiger partial charge in [0.1, 0.15) is 5.78 Å². The minimum absolute atomic E-state index is 0.00413. The third-order valence-corrected chi connectivity index (χ3v) is 8.87. The molecule has 0 bridgehead atoms. The molecule has 4 aliphatic rings. The number of ketones is 1. The third-order valence-electron chi connectivity index (χ3n) is 8.87. The molecule has 0 radical (unpaired) electrons. The highest BCUT2D eigenvalue weighted by atomic mass is 16.3. The number of carbonyl (C=O) groups excluding carboxylic acids is 1. The van der Waals surface area contributed by atoms with Gasteiger partial charge in [0.05, 0.1) is 6.10 Å². The number of rotatable bonds is 0. The van der Waals surface area contributed by atoms with E-state index in [1.54, 1.807) is 0 Å². The normalized spacial score (nSPS) is 57.9. The SMILES string of the molecule is CC1C(O)CCC2(C)C1CCC1C3CCC(=O)C3(C)CCC12. The lowest BCUT2D eigenvalue weighted by molar-refractivity contribution is -0.152. The zero-order chi connectivity index (χ0) is 15.7. The summed E-state index contributed by atoms with van der Waals surface area (Å²) in [4.78, 5) is 12.4. The zero-order valence-corrected chi connectivity index (χ0v) is 14.5. The molecule has 2 heteroatoms. The van der Waals surface area contributed by atoms with E-state index in [0.29, 0.717) is 29.0 Å². The van der Waals surface area contributed by atoms with Crippen LogP contribution in [0.25, 0.3) is 0 Å². The average Bonchev–Trinajstić information content (AvgIpc) is 2.79. The Morgan fingerprint density at radius 3 is 2.50 bits per heavy atom. The van der Waals surface area contributed by atoms with Gasteiger partial charge in [0.2, 0.25) is 0 Å². The van der Waals surface area contributed by atoms with Crippen molar-refractivity contribution in [1.29, 1.82) is 0 Å². The van der Waals surface area contributed by atoms with Gasteiger partial charge in [-0.05, 0) is 80.0 Å². The molecule has 0 spiro atoms. The molecule has 0 aromatic rings. The van der Waals surface area contributed by atoms with Crippen LogP contribution in [0.2, 0.25) is 0 Å². The summed E-state index contributed by atoms with van der Waals surface area (Å²) in [6.45, 7) is 7.07. The van der Waals surface area contributed by atoms with Crippen LogP contribution in [-0.4, -0.2) is 17.0 Å². The van der Waals surface area contributed by atoms with E-state index in [2.05, 4.69) is 20.8 Å². The first-order chi connectivity index (χ1) is 10.4. The van der Waals surface area contributed by atoms with Gasteiger partial charge in [-0.2, -0.15) is 0 Å². The molecule has 0 heterocycles. The van der Waals surface area contributed by atoms with Gasteiger partial charge in [0, 0.05) is 11.8 Å². The third kappa shape index (κ3) is 1.79. The standard InChI is InChI=1S/C20H32O2/c1-12-14-5-4-13-15-6-7-18(22)20(15,3)10-8-16(13)19(14,2)11-9-17(12)21/h12-17,21H,4-11H2,1-3H3. The lowest BCUT2D eigenvalue weighted by Gasteiger charge is -2.61. The van der Waals surface area contributed by atoms with Gasteiger partial charge >= 0.3 is 0 Å². The lowest BCUT2D eigenvalue weighted by Crippen LogP contribution is -2.56. The van der Waals surface area contributed by atoms with Gasteiger partial charge in [0.15, 0.2) is 0 Å². The maximum atomic E-state index is 12.4. The summed E-state index contributed by atoms with van der Waals surface area (Å²) < 4.78 is 0. The predicted molar refractivity (Wildman–Crippen MR) is 87.3 cm³/mol. The fraction of sp³-hybridized carbons (Fsp3) is 0.950. The van der Waals surface area contributed by atoms with Crippen molar-refractivity contribution in [1.82, 2.24) is 0 Å². The number of Topliss-reactive ketones (excluding diaryl/α,β-unsaturated/α-hetero) is 1. The number of aliphatic hydroxyl groups excluding tert-OH is 1. The Morgan fingerprint density at radius 2 is 1.73 bits per heavy atom. The predicted octanol–water partition coefficient (Wildman–Crippen LogP) is 4.21. The van der Waals surface area contributed by atoms with Crippen LogP contribution in [0, 0.1) is 40.4 Å². The van der Waals surface area contributed by atoms with Crippen LogP contribution < -0.4 is 0 Å². The van der Waals surface area contributed by atoms with E-state index in [4.69, 9.17) is 0 Å². The quantitative estimate of drug-likeness (QED) is 0.728. The molecule has 1 N–H and O–H groups in total. The smallest absolute Gasteiger partial charge is 0.139 e. The maximum Gasteiger partial charge on any atom is 0.139 e. The van der Waals surface area contributed by atoms with Crippen molar-refractivity contribution in [3.63, 3.8) is 0 Å².